The highest BCUT2D eigenvalue weighted by Crippen LogP contribution is 2.35. The summed E-state index contributed by atoms with van der Waals surface area (Å²) < 4.78 is 2.13. The van der Waals surface area contributed by atoms with Crippen LogP contribution in [0, 0.1) is 0 Å². The van der Waals surface area contributed by atoms with Crippen molar-refractivity contribution in [3.63, 3.8) is 0 Å². The number of anilines is 1. The standard InChI is InChI=1S/C21H24ClN3/c1-2-6-18-15-23-21-20(22)19(11-14-25(18)21)24-12-9-17(10-13-24)16-7-4-3-5-8-16/h3-5,7-8,11,14-15,17H,2,6,9-10,12-13H2,1H3. The number of halogens is 1. The first kappa shape index (κ1) is 16.5. The van der Waals surface area contributed by atoms with Gasteiger partial charge in [-0.3, -0.25) is 0 Å². The Morgan fingerprint density at radius 3 is 2.60 bits per heavy atom. The van der Waals surface area contributed by atoms with Gasteiger partial charge in [0.2, 0.25) is 0 Å². The highest BCUT2D eigenvalue weighted by Gasteiger charge is 2.23. The molecule has 0 N–H and O–H groups in total. The normalized spacial score (nSPS) is 15.8. The Morgan fingerprint density at radius 1 is 1.12 bits per heavy atom. The molecular weight excluding hydrogens is 330 g/mol. The molecule has 25 heavy (non-hydrogen) atoms. The lowest BCUT2D eigenvalue weighted by Gasteiger charge is -2.34. The molecule has 0 unspecified atom stereocenters. The summed E-state index contributed by atoms with van der Waals surface area (Å²) in [4.78, 5) is 6.97. The zero-order valence-electron chi connectivity index (χ0n) is 14.7. The van der Waals surface area contributed by atoms with E-state index in [1.807, 2.05) is 6.20 Å². The molecule has 3 nitrogen and oxygen atoms in total. The zero-order chi connectivity index (χ0) is 17.2. The number of aromatic nitrogens is 2. The van der Waals surface area contributed by atoms with Crippen LogP contribution in [0.4, 0.5) is 5.69 Å². The monoisotopic (exact) mass is 353 g/mol. The highest BCUT2D eigenvalue weighted by molar-refractivity contribution is 6.36. The van der Waals surface area contributed by atoms with Gasteiger partial charge in [-0.25, -0.2) is 4.98 Å². The lowest BCUT2D eigenvalue weighted by molar-refractivity contribution is 0.505. The van der Waals surface area contributed by atoms with E-state index in [0.29, 0.717) is 5.92 Å². The van der Waals surface area contributed by atoms with E-state index in [-0.39, 0.29) is 0 Å². The summed E-state index contributed by atoms with van der Waals surface area (Å²) in [6.07, 6.45) is 8.55. The van der Waals surface area contributed by atoms with Gasteiger partial charge in [0.1, 0.15) is 5.02 Å². The molecule has 0 spiro atoms. The fourth-order valence-electron chi connectivity index (χ4n) is 3.92. The number of aryl methyl sites for hydroxylation is 1. The van der Waals surface area contributed by atoms with E-state index in [9.17, 15) is 0 Å². The molecule has 4 rings (SSSR count). The van der Waals surface area contributed by atoms with Crippen molar-refractivity contribution in [2.45, 2.75) is 38.5 Å². The van der Waals surface area contributed by atoms with Crippen LogP contribution in [0.1, 0.15) is 43.4 Å². The Kier molecular flexibility index (Phi) is 4.67. The number of hydrogen-bond donors (Lipinski definition) is 0. The molecule has 2 aromatic heterocycles. The molecule has 130 valence electrons. The Hall–Kier alpha value is -2.00. The third-order valence-corrected chi connectivity index (χ3v) is 5.65. The number of rotatable bonds is 4. The highest BCUT2D eigenvalue weighted by atomic mass is 35.5. The smallest absolute Gasteiger partial charge is 0.157 e. The van der Waals surface area contributed by atoms with Crippen LogP contribution in [0.25, 0.3) is 5.65 Å². The van der Waals surface area contributed by atoms with Crippen molar-refractivity contribution < 1.29 is 0 Å². The molecule has 3 heterocycles. The van der Waals surface area contributed by atoms with Gasteiger partial charge >= 0.3 is 0 Å². The Labute approximate surface area is 154 Å². The van der Waals surface area contributed by atoms with Gasteiger partial charge in [0.25, 0.3) is 0 Å². The Morgan fingerprint density at radius 2 is 1.88 bits per heavy atom. The molecule has 1 aliphatic heterocycles. The van der Waals surface area contributed by atoms with Crippen molar-refractivity contribution in [2.75, 3.05) is 18.0 Å². The van der Waals surface area contributed by atoms with Crippen LogP contribution < -0.4 is 4.90 Å². The van der Waals surface area contributed by atoms with Crippen LogP contribution in [0.5, 0.6) is 0 Å². The summed E-state index contributed by atoms with van der Waals surface area (Å²) >= 11 is 6.72. The van der Waals surface area contributed by atoms with Gasteiger partial charge in [0.15, 0.2) is 5.65 Å². The third kappa shape index (κ3) is 3.13. The summed E-state index contributed by atoms with van der Waals surface area (Å²) in [5, 5.41) is 0.781. The van der Waals surface area contributed by atoms with E-state index in [2.05, 4.69) is 63.8 Å². The summed E-state index contributed by atoms with van der Waals surface area (Å²) in [7, 11) is 0. The summed E-state index contributed by atoms with van der Waals surface area (Å²) in [6.45, 7) is 4.27. The minimum Gasteiger partial charge on any atom is -0.370 e. The van der Waals surface area contributed by atoms with Gasteiger partial charge < -0.3 is 9.30 Å². The van der Waals surface area contributed by atoms with Crippen molar-refractivity contribution in [2.24, 2.45) is 0 Å². The van der Waals surface area contributed by atoms with Crippen molar-refractivity contribution >= 4 is 22.9 Å². The lowest BCUT2D eigenvalue weighted by Crippen LogP contribution is -2.33. The molecule has 0 amide bonds. The van der Waals surface area contributed by atoms with Gasteiger partial charge in [0, 0.05) is 31.2 Å². The topological polar surface area (TPSA) is 20.5 Å². The predicted molar refractivity (Wildman–Crippen MR) is 105 cm³/mol. The van der Waals surface area contributed by atoms with Gasteiger partial charge in [-0.2, -0.15) is 0 Å². The maximum Gasteiger partial charge on any atom is 0.157 e. The molecular formula is C21H24ClN3. The average Bonchev–Trinajstić information content (AvgIpc) is 3.07. The summed E-state index contributed by atoms with van der Waals surface area (Å²) in [5.41, 5.74) is 4.69. The van der Waals surface area contributed by atoms with Crippen molar-refractivity contribution in [1.29, 1.82) is 0 Å². The quantitative estimate of drug-likeness (QED) is 0.632. The van der Waals surface area contributed by atoms with Crippen molar-refractivity contribution in [3.8, 4) is 0 Å². The molecule has 3 aromatic rings. The zero-order valence-corrected chi connectivity index (χ0v) is 15.4. The number of fused-ring (bicyclic) bond motifs is 1. The SMILES string of the molecule is CCCc1cnc2c(Cl)c(N3CCC(c4ccccc4)CC3)ccn12. The Bertz CT molecular complexity index is 848. The van der Waals surface area contributed by atoms with Crippen LogP contribution in [-0.2, 0) is 6.42 Å². The lowest BCUT2D eigenvalue weighted by atomic mass is 9.89. The molecule has 1 saturated heterocycles. The number of pyridine rings is 1. The maximum absolute atomic E-state index is 6.72. The van der Waals surface area contributed by atoms with Crippen molar-refractivity contribution in [3.05, 3.63) is 65.1 Å². The first-order chi connectivity index (χ1) is 12.3. The van der Waals surface area contributed by atoms with Crippen LogP contribution in [0.2, 0.25) is 5.02 Å². The molecule has 1 aromatic carbocycles. The minimum atomic E-state index is 0.655. The van der Waals surface area contributed by atoms with Gasteiger partial charge in [-0.15, -0.1) is 0 Å². The second-order valence-electron chi connectivity index (χ2n) is 6.88. The first-order valence-corrected chi connectivity index (χ1v) is 9.60. The third-order valence-electron chi connectivity index (χ3n) is 5.29. The molecule has 0 saturated carbocycles. The predicted octanol–water partition coefficient (Wildman–Crippen LogP) is 5.32. The Balaban J connectivity index is 1.54. The number of piperidine rings is 1. The summed E-state index contributed by atoms with van der Waals surface area (Å²) in [6, 6.07) is 13.0. The van der Waals surface area contributed by atoms with E-state index in [0.717, 1.165) is 42.3 Å². The van der Waals surface area contributed by atoms with Crippen LogP contribution in [0.3, 0.4) is 0 Å². The second kappa shape index (κ2) is 7.09. The van der Waals surface area contributed by atoms with Gasteiger partial charge in [0.05, 0.1) is 5.69 Å². The maximum atomic E-state index is 6.72. The fourth-order valence-corrected chi connectivity index (χ4v) is 4.24. The van der Waals surface area contributed by atoms with Gasteiger partial charge in [-0.05, 0) is 36.8 Å². The second-order valence-corrected chi connectivity index (χ2v) is 7.26. The molecule has 1 fully saturated rings. The van der Waals surface area contributed by atoms with Crippen LogP contribution >= 0.6 is 11.6 Å². The number of nitrogens with zero attached hydrogens (tertiary/aromatic N) is 3. The molecule has 0 bridgehead atoms. The van der Waals surface area contributed by atoms with Gasteiger partial charge in [-0.1, -0.05) is 55.3 Å². The van der Waals surface area contributed by atoms with Crippen LogP contribution in [0.15, 0.2) is 48.8 Å². The van der Waals surface area contributed by atoms with E-state index in [1.54, 1.807) is 0 Å². The number of benzene rings is 1. The first-order valence-electron chi connectivity index (χ1n) is 9.22. The number of hydrogen-bond acceptors (Lipinski definition) is 2. The molecule has 1 aliphatic rings. The van der Waals surface area contributed by atoms with E-state index < -0.39 is 0 Å². The van der Waals surface area contributed by atoms with E-state index in [4.69, 9.17) is 11.6 Å². The van der Waals surface area contributed by atoms with Crippen molar-refractivity contribution in [1.82, 2.24) is 9.38 Å². The van der Waals surface area contributed by atoms with E-state index >= 15 is 0 Å². The molecule has 4 heteroatoms. The number of imidazole rings is 1. The largest absolute Gasteiger partial charge is 0.370 e. The molecule has 0 radical (unpaired) electrons. The molecule has 0 atom stereocenters. The van der Waals surface area contributed by atoms with E-state index in [1.165, 1.54) is 24.1 Å². The minimum absolute atomic E-state index is 0.655. The fraction of sp³-hybridized carbons (Fsp3) is 0.381. The van der Waals surface area contributed by atoms with Crippen LogP contribution in [-0.4, -0.2) is 22.5 Å². The summed E-state index contributed by atoms with van der Waals surface area (Å²) in [5.74, 6) is 0.655. The average molecular weight is 354 g/mol. The molecule has 0 aliphatic carbocycles.